The number of ether oxygens (including phenoxy) is 4. The molecule has 0 unspecified atom stereocenters. The van der Waals surface area contributed by atoms with E-state index < -0.39 is 12.0 Å². The number of rotatable bonds is 6. The molecule has 2 heterocycles. The maximum absolute atomic E-state index is 11.2. The maximum Gasteiger partial charge on any atom is 0.321 e. The number of hydrogen-bond acceptors (Lipinski definition) is 7. The Balaban J connectivity index is 1.49. The van der Waals surface area contributed by atoms with E-state index in [1.165, 1.54) is 0 Å². The number of nitrogens with one attached hydrogen (secondary N) is 1. The number of aliphatic carboxylic acids is 1. The zero-order chi connectivity index (χ0) is 18.8. The summed E-state index contributed by atoms with van der Waals surface area (Å²) in [5.74, 6) is 2.47. The van der Waals surface area contributed by atoms with Crippen LogP contribution < -0.4 is 24.3 Å². The first kappa shape index (κ1) is 17.8. The first-order chi connectivity index (χ1) is 13.1. The molecule has 27 heavy (non-hydrogen) atoms. The molecule has 0 saturated carbocycles. The third kappa shape index (κ3) is 3.77. The lowest BCUT2D eigenvalue weighted by Crippen LogP contribution is -2.33. The Labute approximate surface area is 160 Å². The van der Waals surface area contributed by atoms with Gasteiger partial charge in [-0.1, -0.05) is 6.07 Å². The molecule has 0 amide bonds. The molecule has 4 rings (SSSR count). The summed E-state index contributed by atoms with van der Waals surface area (Å²) in [4.78, 5) is 11.2. The van der Waals surface area contributed by atoms with Crippen molar-refractivity contribution in [1.29, 1.82) is 0 Å². The van der Waals surface area contributed by atoms with Gasteiger partial charge >= 0.3 is 5.97 Å². The van der Waals surface area contributed by atoms with Gasteiger partial charge < -0.3 is 24.1 Å². The quantitative estimate of drug-likeness (QED) is 0.780. The molecule has 1 fully saturated rings. The van der Waals surface area contributed by atoms with Gasteiger partial charge in [0, 0.05) is 17.4 Å². The Morgan fingerprint density at radius 1 is 1.26 bits per heavy atom. The van der Waals surface area contributed by atoms with Crippen LogP contribution in [0.15, 0.2) is 36.4 Å². The molecule has 0 bridgehead atoms. The Morgan fingerprint density at radius 2 is 2.11 bits per heavy atom. The SMILES string of the molecule is COc1ccc([C@@H]2N[C@H](C(=O)O)CS2)cc1COc1ccc2c(c1)OCO2. The van der Waals surface area contributed by atoms with E-state index in [1.807, 2.05) is 30.3 Å². The summed E-state index contributed by atoms with van der Waals surface area (Å²) in [7, 11) is 1.61. The van der Waals surface area contributed by atoms with Gasteiger partial charge in [-0.3, -0.25) is 10.1 Å². The summed E-state index contributed by atoms with van der Waals surface area (Å²) >= 11 is 1.58. The van der Waals surface area contributed by atoms with Crippen molar-refractivity contribution in [3.63, 3.8) is 0 Å². The summed E-state index contributed by atoms with van der Waals surface area (Å²) in [6.07, 6.45) is 0. The minimum atomic E-state index is -0.829. The van der Waals surface area contributed by atoms with Crippen LogP contribution in [0.4, 0.5) is 0 Å². The highest BCUT2D eigenvalue weighted by molar-refractivity contribution is 7.99. The molecule has 2 aliphatic rings. The number of hydrogen-bond donors (Lipinski definition) is 2. The van der Waals surface area contributed by atoms with Crippen molar-refractivity contribution in [1.82, 2.24) is 5.32 Å². The molecule has 0 aromatic heterocycles. The van der Waals surface area contributed by atoms with E-state index in [0.29, 0.717) is 29.6 Å². The molecule has 142 valence electrons. The van der Waals surface area contributed by atoms with Crippen LogP contribution in [0, 0.1) is 0 Å². The fraction of sp³-hybridized carbons (Fsp3) is 0.316. The number of benzene rings is 2. The topological polar surface area (TPSA) is 86.3 Å². The standard InChI is InChI=1S/C19H19NO6S/c1-23-15-4-2-11(18-20-14(9-27-18)19(21)22)6-12(15)8-24-13-3-5-16-17(7-13)26-10-25-16/h2-7,14,18,20H,8-10H2,1H3,(H,21,22)/t14-,18+/m0/s1. The van der Waals surface area contributed by atoms with Crippen molar-refractivity contribution < 1.29 is 28.8 Å². The minimum absolute atomic E-state index is 0.0682. The number of fused-ring (bicyclic) bond motifs is 1. The first-order valence-electron chi connectivity index (χ1n) is 8.44. The molecule has 2 N–H and O–H groups in total. The minimum Gasteiger partial charge on any atom is -0.496 e. The van der Waals surface area contributed by atoms with E-state index in [1.54, 1.807) is 24.9 Å². The highest BCUT2D eigenvalue weighted by atomic mass is 32.2. The Kier molecular flexibility index (Phi) is 5.00. The second-order valence-electron chi connectivity index (χ2n) is 6.15. The van der Waals surface area contributed by atoms with Crippen LogP contribution in [-0.2, 0) is 11.4 Å². The smallest absolute Gasteiger partial charge is 0.321 e. The zero-order valence-corrected chi connectivity index (χ0v) is 15.5. The first-order valence-corrected chi connectivity index (χ1v) is 9.48. The van der Waals surface area contributed by atoms with Crippen molar-refractivity contribution in [3.05, 3.63) is 47.5 Å². The van der Waals surface area contributed by atoms with Crippen LogP contribution in [0.1, 0.15) is 16.5 Å². The predicted octanol–water partition coefficient (Wildman–Crippen LogP) is 2.79. The summed E-state index contributed by atoms with van der Waals surface area (Å²) in [6, 6.07) is 10.7. The Hall–Kier alpha value is -2.58. The van der Waals surface area contributed by atoms with E-state index in [-0.39, 0.29) is 12.2 Å². The lowest BCUT2D eigenvalue weighted by molar-refractivity contribution is -0.138. The third-order valence-corrected chi connectivity index (χ3v) is 5.69. The van der Waals surface area contributed by atoms with Gasteiger partial charge in [0.15, 0.2) is 11.5 Å². The normalized spacial score (nSPS) is 20.5. The molecule has 2 aromatic carbocycles. The molecule has 0 aliphatic carbocycles. The van der Waals surface area contributed by atoms with E-state index in [4.69, 9.17) is 24.1 Å². The van der Waals surface area contributed by atoms with E-state index in [9.17, 15) is 4.79 Å². The lowest BCUT2D eigenvalue weighted by Gasteiger charge is -2.16. The van der Waals surface area contributed by atoms with Crippen LogP contribution in [0.2, 0.25) is 0 Å². The van der Waals surface area contributed by atoms with Crippen molar-refractivity contribution >= 4 is 17.7 Å². The van der Waals surface area contributed by atoms with Crippen LogP contribution >= 0.6 is 11.8 Å². The van der Waals surface area contributed by atoms with Gasteiger partial charge in [-0.25, -0.2) is 0 Å². The van der Waals surface area contributed by atoms with Crippen molar-refractivity contribution in [2.45, 2.75) is 18.0 Å². The molecule has 8 heteroatoms. The molecule has 0 radical (unpaired) electrons. The van der Waals surface area contributed by atoms with Gasteiger partial charge in [0.25, 0.3) is 0 Å². The van der Waals surface area contributed by atoms with E-state index in [0.717, 1.165) is 16.9 Å². The average Bonchev–Trinajstić information content (AvgIpc) is 3.35. The maximum atomic E-state index is 11.2. The second kappa shape index (κ2) is 7.58. The highest BCUT2D eigenvalue weighted by Gasteiger charge is 2.30. The number of carboxylic acids is 1. The van der Waals surface area contributed by atoms with Gasteiger partial charge in [-0.2, -0.15) is 0 Å². The summed E-state index contributed by atoms with van der Waals surface area (Å²) in [6.45, 7) is 0.536. The summed E-state index contributed by atoms with van der Waals surface area (Å²) in [5, 5.41) is 12.2. The van der Waals surface area contributed by atoms with Crippen LogP contribution in [0.3, 0.4) is 0 Å². The highest BCUT2D eigenvalue weighted by Crippen LogP contribution is 2.37. The number of thioether (sulfide) groups is 1. The van der Waals surface area contributed by atoms with Gasteiger partial charge in [0.2, 0.25) is 6.79 Å². The van der Waals surface area contributed by atoms with Gasteiger partial charge in [-0.15, -0.1) is 11.8 Å². The molecular weight excluding hydrogens is 370 g/mol. The van der Waals surface area contributed by atoms with Crippen molar-refractivity contribution in [3.8, 4) is 23.0 Å². The molecule has 2 aromatic rings. The predicted molar refractivity (Wildman–Crippen MR) is 99.6 cm³/mol. The Morgan fingerprint density at radius 3 is 2.89 bits per heavy atom. The fourth-order valence-corrected chi connectivity index (χ4v) is 4.23. The average molecular weight is 389 g/mol. The van der Waals surface area contributed by atoms with E-state index >= 15 is 0 Å². The van der Waals surface area contributed by atoms with Crippen LogP contribution in [0.5, 0.6) is 23.0 Å². The van der Waals surface area contributed by atoms with Gasteiger partial charge in [-0.05, 0) is 29.8 Å². The molecule has 7 nitrogen and oxygen atoms in total. The van der Waals surface area contributed by atoms with E-state index in [2.05, 4.69) is 5.32 Å². The number of methoxy groups -OCH3 is 1. The number of carbonyl (C=O) groups is 1. The van der Waals surface area contributed by atoms with Crippen LogP contribution in [0.25, 0.3) is 0 Å². The second-order valence-corrected chi connectivity index (χ2v) is 7.28. The molecule has 2 atom stereocenters. The molecule has 0 spiro atoms. The molecule has 1 saturated heterocycles. The fourth-order valence-electron chi connectivity index (χ4n) is 3.01. The lowest BCUT2D eigenvalue weighted by atomic mass is 10.1. The van der Waals surface area contributed by atoms with Crippen LogP contribution in [-0.4, -0.2) is 36.8 Å². The zero-order valence-electron chi connectivity index (χ0n) is 14.6. The third-order valence-electron chi connectivity index (χ3n) is 4.43. The monoisotopic (exact) mass is 389 g/mol. The van der Waals surface area contributed by atoms with Crippen molar-refractivity contribution in [2.75, 3.05) is 19.7 Å². The van der Waals surface area contributed by atoms with Gasteiger partial charge in [0.05, 0.1) is 12.5 Å². The number of carboxylic acid groups (broad SMARTS) is 1. The molecular formula is C19H19NO6S. The summed E-state index contributed by atoms with van der Waals surface area (Å²) in [5.41, 5.74) is 1.88. The largest absolute Gasteiger partial charge is 0.496 e. The van der Waals surface area contributed by atoms with Gasteiger partial charge in [0.1, 0.15) is 24.1 Å². The molecule has 2 aliphatic heterocycles. The summed E-state index contributed by atoms with van der Waals surface area (Å²) < 4.78 is 22.0. The van der Waals surface area contributed by atoms with Crippen molar-refractivity contribution in [2.24, 2.45) is 0 Å². The Bertz CT molecular complexity index is 858.